The van der Waals surface area contributed by atoms with Crippen molar-refractivity contribution in [2.45, 2.75) is 13.5 Å². The number of nitrogens with zero attached hydrogens (tertiary/aromatic N) is 1. The highest BCUT2D eigenvalue weighted by Gasteiger charge is 2.06. The molecular formula is C13H11BrClNO2. The van der Waals surface area contributed by atoms with Gasteiger partial charge in [0.25, 0.3) is 0 Å². The Morgan fingerprint density at radius 1 is 1.39 bits per heavy atom. The molecule has 0 fully saturated rings. The number of aliphatic hydroxyl groups excluding tert-OH is 1. The number of benzene rings is 1. The van der Waals surface area contributed by atoms with E-state index < -0.39 is 0 Å². The molecule has 0 saturated heterocycles. The minimum Gasteiger partial charge on any atom is -0.439 e. The van der Waals surface area contributed by atoms with Gasteiger partial charge in [-0.05, 0) is 30.7 Å². The van der Waals surface area contributed by atoms with Crippen LogP contribution in [-0.4, -0.2) is 10.1 Å². The molecule has 0 radical (unpaired) electrons. The number of ether oxygens (including phenoxy) is 1. The van der Waals surface area contributed by atoms with Gasteiger partial charge in [0.2, 0.25) is 5.88 Å². The average Bonchev–Trinajstić information content (AvgIpc) is 2.35. The van der Waals surface area contributed by atoms with E-state index in [1.165, 1.54) is 6.20 Å². The van der Waals surface area contributed by atoms with Crippen LogP contribution in [0.2, 0.25) is 5.02 Å². The summed E-state index contributed by atoms with van der Waals surface area (Å²) in [5.74, 6) is 1.13. The molecule has 2 aromatic rings. The molecule has 1 aromatic heterocycles. The molecule has 0 aliphatic heterocycles. The fourth-order valence-corrected chi connectivity index (χ4v) is 2.11. The van der Waals surface area contributed by atoms with E-state index in [0.717, 1.165) is 15.8 Å². The number of halogens is 2. The van der Waals surface area contributed by atoms with E-state index in [9.17, 15) is 0 Å². The van der Waals surface area contributed by atoms with E-state index in [2.05, 4.69) is 20.9 Å². The summed E-state index contributed by atoms with van der Waals surface area (Å²) in [5.41, 5.74) is 1.59. The molecule has 2 rings (SSSR count). The first-order chi connectivity index (χ1) is 8.60. The van der Waals surface area contributed by atoms with E-state index in [4.69, 9.17) is 21.4 Å². The monoisotopic (exact) mass is 327 g/mol. The minimum absolute atomic E-state index is 0.142. The lowest BCUT2D eigenvalue weighted by Crippen LogP contribution is -1.93. The summed E-state index contributed by atoms with van der Waals surface area (Å²) in [5, 5.41) is 9.55. The summed E-state index contributed by atoms with van der Waals surface area (Å²) < 4.78 is 6.65. The second kappa shape index (κ2) is 5.69. The van der Waals surface area contributed by atoms with Crippen molar-refractivity contribution < 1.29 is 9.84 Å². The Labute approximate surface area is 119 Å². The maximum absolute atomic E-state index is 9.13. The second-order valence-corrected chi connectivity index (χ2v) is 5.11. The van der Waals surface area contributed by atoms with Gasteiger partial charge in [0.05, 0.1) is 11.6 Å². The molecule has 0 aliphatic carbocycles. The van der Waals surface area contributed by atoms with Crippen LogP contribution >= 0.6 is 27.5 Å². The minimum atomic E-state index is -0.142. The number of pyridine rings is 1. The molecule has 18 heavy (non-hydrogen) atoms. The third-order valence-corrected chi connectivity index (χ3v) is 3.27. The quantitative estimate of drug-likeness (QED) is 0.922. The van der Waals surface area contributed by atoms with E-state index in [-0.39, 0.29) is 6.61 Å². The summed E-state index contributed by atoms with van der Waals surface area (Å²) in [6.45, 7) is 1.81. The lowest BCUT2D eigenvalue weighted by molar-refractivity contribution is 0.281. The van der Waals surface area contributed by atoms with Crippen molar-refractivity contribution in [3.05, 3.63) is 51.1 Å². The van der Waals surface area contributed by atoms with Gasteiger partial charge in [-0.2, -0.15) is 0 Å². The van der Waals surface area contributed by atoms with Crippen LogP contribution in [0.1, 0.15) is 11.1 Å². The first-order valence-corrected chi connectivity index (χ1v) is 6.46. The fourth-order valence-electron chi connectivity index (χ4n) is 1.48. The number of aliphatic hydroxyl groups is 1. The Balaban J connectivity index is 2.28. The molecule has 5 heteroatoms. The Bertz CT molecular complexity index is 575. The maximum Gasteiger partial charge on any atom is 0.219 e. The van der Waals surface area contributed by atoms with Crippen molar-refractivity contribution in [2.24, 2.45) is 0 Å². The van der Waals surface area contributed by atoms with Crippen LogP contribution in [0, 0.1) is 6.92 Å². The number of hydrogen-bond acceptors (Lipinski definition) is 3. The molecule has 0 atom stereocenters. The fraction of sp³-hybridized carbons (Fsp3) is 0.154. The Hall–Kier alpha value is -1.10. The van der Waals surface area contributed by atoms with Gasteiger partial charge in [0.1, 0.15) is 5.75 Å². The van der Waals surface area contributed by atoms with Crippen LogP contribution in [0.5, 0.6) is 11.6 Å². The van der Waals surface area contributed by atoms with Crippen molar-refractivity contribution in [1.82, 2.24) is 4.98 Å². The highest BCUT2D eigenvalue weighted by Crippen LogP contribution is 2.28. The Morgan fingerprint density at radius 3 is 2.83 bits per heavy atom. The van der Waals surface area contributed by atoms with Gasteiger partial charge < -0.3 is 9.84 Å². The standard InChI is InChI=1S/C13H11BrClNO2/c1-8-4-10(14)2-3-12(8)18-13-5-9(7-17)11(15)6-16-13/h2-6,17H,7H2,1H3. The van der Waals surface area contributed by atoms with Gasteiger partial charge in [-0.3, -0.25) is 0 Å². The zero-order valence-electron chi connectivity index (χ0n) is 9.65. The van der Waals surface area contributed by atoms with Crippen LogP contribution in [0.4, 0.5) is 0 Å². The van der Waals surface area contributed by atoms with Gasteiger partial charge >= 0.3 is 0 Å². The van der Waals surface area contributed by atoms with Crippen molar-refractivity contribution in [3.8, 4) is 11.6 Å². The molecule has 0 unspecified atom stereocenters. The van der Waals surface area contributed by atoms with Crippen molar-refractivity contribution in [3.63, 3.8) is 0 Å². The summed E-state index contributed by atoms with van der Waals surface area (Å²) in [4.78, 5) is 4.07. The highest BCUT2D eigenvalue weighted by atomic mass is 79.9. The third-order valence-electron chi connectivity index (χ3n) is 2.43. The summed E-state index contributed by atoms with van der Waals surface area (Å²) in [7, 11) is 0. The molecule has 0 amide bonds. The van der Waals surface area contributed by atoms with E-state index in [1.807, 2.05) is 25.1 Å². The second-order valence-electron chi connectivity index (χ2n) is 3.78. The van der Waals surface area contributed by atoms with Crippen LogP contribution in [-0.2, 0) is 6.61 Å². The van der Waals surface area contributed by atoms with Crippen molar-refractivity contribution in [1.29, 1.82) is 0 Å². The van der Waals surface area contributed by atoms with Crippen LogP contribution in [0.15, 0.2) is 34.9 Å². The van der Waals surface area contributed by atoms with Gasteiger partial charge in [0, 0.05) is 22.3 Å². The zero-order valence-corrected chi connectivity index (χ0v) is 12.0. The lowest BCUT2D eigenvalue weighted by Gasteiger charge is -2.09. The predicted octanol–water partition coefficient (Wildman–Crippen LogP) is 4.09. The molecule has 3 nitrogen and oxygen atoms in total. The Morgan fingerprint density at radius 2 is 2.17 bits per heavy atom. The highest BCUT2D eigenvalue weighted by molar-refractivity contribution is 9.10. The summed E-state index contributed by atoms with van der Waals surface area (Å²) in [6, 6.07) is 7.33. The van der Waals surface area contributed by atoms with Gasteiger partial charge in [-0.25, -0.2) is 4.98 Å². The van der Waals surface area contributed by atoms with Crippen LogP contribution < -0.4 is 4.74 Å². The zero-order chi connectivity index (χ0) is 13.1. The smallest absolute Gasteiger partial charge is 0.219 e. The average molecular weight is 329 g/mol. The largest absolute Gasteiger partial charge is 0.439 e. The molecular weight excluding hydrogens is 318 g/mol. The predicted molar refractivity (Wildman–Crippen MR) is 74.1 cm³/mol. The summed E-state index contributed by atoms with van der Waals surface area (Å²) in [6.07, 6.45) is 1.47. The van der Waals surface area contributed by atoms with Crippen LogP contribution in [0.3, 0.4) is 0 Å². The normalized spacial score (nSPS) is 10.4. The summed E-state index contributed by atoms with van der Waals surface area (Å²) >= 11 is 9.26. The molecule has 1 N–H and O–H groups in total. The SMILES string of the molecule is Cc1cc(Br)ccc1Oc1cc(CO)c(Cl)cn1. The van der Waals surface area contributed by atoms with Gasteiger partial charge in [-0.15, -0.1) is 0 Å². The van der Waals surface area contributed by atoms with E-state index in [0.29, 0.717) is 16.5 Å². The Kier molecular flexibility index (Phi) is 4.22. The van der Waals surface area contributed by atoms with Gasteiger partial charge in [0.15, 0.2) is 0 Å². The van der Waals surface area contributed by atoms with E-state index in [1.54, 1.807) is 6.07 Å². The number of aryl methyl sites for hydroxylation is 1. The topological polar surface area (TPSA) is 42.4 Å². The van der Waals surface area contributed by atoms with Crippen LogP contribution in [0.25, 0.3) is 0 Å². The molecule has 0 spiro atoms. The maximum atomic E-state index is 9.13. The number of hydrogen-bond donors (Lipinski definition) is 1. The molecule has 1 aromatic carbocycles. The van der Waals surface area contributed by atoms with E-state index >= 15 is 0 Å². The van der Waals surface area contributed by atoms with Gasteiger partial charge in [-0.1, -0.05) is 27.5 Å². The first-order valence-electron chi connectivity index (χ1n) is 5.29. The molecule has 0 aliphatic rings. The number of rotatable bonds is 3. The molecule has 0 saturated carbocycles. The van der Waals surface area contributed by atoms with Crippen molar-refractivity contribution >= 4 is 27.5 Å². The van der Waals surface area contributed by atoms with Crippen molar-refractivity contribution in [2.75, 3.05) is 0 Å². The molecule has 0 bridgehead atoms. The first kappa shape index (κ1) is 13.3. The molecule has 94 valence electrons. The lowest BCUT2D eigenvalue weighted by atomic mass is 10.2. The molecule has 1 heterocycles. The third kappa shape index (κ3) is 3.02. The number of aromatic nitrogens is 1.